The minimum atomic E-state index is -0.816. The van der Waals surface area contributed by atoms with Crippen molar-refractivity contribution in [3.8, 4) is 5.75 Å². The molecule has 1 aliphatic rings. The minimum absolute atomic E-state index is 0.140. The Morgan fingerprint density at radius 1 is 1.39 bits per heavy atom. The number of nitrogens with zero attached hydrogens (tertiary/aromatic N) is 4. The number of anilines is 2. The number of rotatable bonds is 4. The molecule has 4 rings (SSSR count). The summed E-state index contributed by atoms with van der Waals surface area (Å²) < 4.78 is 26.1. The molecule has 1 fully saturated rings. The van der Waals surface area contributed by atoms with Crippen LogP contribution in [0.25, 0.3) is 11.2 Å². The average Bonchev–Trinajstić information content (AvgIpc) is 2.89. The van der Waals surface area contributed by atoms with Crippen molar-refractivity contribution in [1.82, 2.24) is 19.5 Å². The third kappa shape index (κ3) is 2.46. The highest BCUT2D eigenvalue weighted by molar-refractivity contribution is 5.85. The molecule has 1 aromatic carbocycles. The van der Waals surface area contributed by atoms with Crippen molar-refractivity contribution in [1.29, 1.82) is 0 Å². The van der Waals surface area contributed by atoms with E-state index in [1.165, 1.54) is 0 Å². The van der Waals surface area contributed by atoms with Crippen molar-refractivity contribution in [3.63, 3.8) is 0 Å². The number of imidazole rings is 1. The first-order valence-electron chi connectivity index (χ1n) is 7.17. The Labute approximate surface area is 131 Å². The van der Waals surface area contributed by atoms with E-state index >= 15 is 0 Å². The van der Waals surface area contributed by atoms with Crippen LogP contribution in [-0.2, 0) is 4.74 Å². The molecule has 3 heterocycles. The van der Waals surface area contributed by atoms with Crippen molar-refractivity contribution < 1.29 is 13.9 Å². The molecule has 1 aliphatic heterocycles. The average molecular weight is 315 g/mol. The highest BCUT2D eigenvalue weighted by Crippen LogP contribution is 2.30. The normalized spacial score (nSPS) is 17.0. The Kier molecular flexibility index (Phi) is 3.30. The van der Waals surface area contributed by atoms with E-state index in [0.717, 1.165) is 12.1 Å². The van der Waals surface area contributed by atoms with E-state index in [0.29, 0.717) is 29.3 Å². The van der Waals surface area contributed by atoms with Crippen LogP contribution in [0.1, 0.15) is 12.6 Å². The van der Waals surface area contributed by atoms with Gasteiger partial charge in [-0.05, 0) is 12.1 Å². The van der Waals surface area contributed by atoms with E-state index < -0.39 is 6.08 Å². The Hall–Kier alpha value is -2.74. The van der Waals surface area contributed by atoms with Crippen LogP contribution in [0, 0.1) is 6.08 Å². The summed E-state index contributed by atoms with van der Waals surface area (Å²) in [6.07, 6.45) is 1.50. The zero-order chi connectivity index (χ0) is 15.8. The molecule has 0 aliphatic carbocycles. The molecule has 2 aromatic heterocycles. The van der Waals surface area contributed by atoms with Gasteiger partial charge < -0.3 is 14.8 Å². The summed E-state index contributed by atoms with van der Waals surface area (Å²) in [5, 5.41) is 3.06. The van der Waals surface area contributed by atoms with Gasteiger partial charge in [0.05, 0.1) is 20.0 Å². The quantitative estimate of drug-likeness (QED) is 0.746. The van der Waals surface area contributed by atoms with Crippen LogP contribution < -0.4 is 10.1 Å². The summed E-state index contributed by atoms with van der Waals surface area (Å²) in [5.41, 5.74) is 1.62. The second-order valence-corrected chi connectivity index (χ2v) is 5.14. The number of hydrogen-bond acceptors (Lipinski definition) is 6. The molecule has 0 bridgehead atoms. The van der Waals surface area contributed by atoms with Gasteiger partial charge in [0.25, 0.3) is 0 Å². The van der Waals surface area contributed by atoms with Gasteiger partial charge in [0.15, 0.2) is 17.0 Å². The van der Waals surface area contributed by atoms with Crippen LogP contribution in [0.3, 0.4) is 0 Å². The van der Waals surface area contributed by atoms with Crippen molar-refractivity contribution in [2.45, 2.75) is 12.6 Å². The van der Waals surface area contributed by atoms with E-state index in [-0.39, 0.29) is 6.23 Å². The number of ether oxygens (including phenoxy) is 2. The van der Waals surface area contributed by atoms with E-state index in [1.54, 1.807) is 24.1 Å². The van der Waals surface area contributed by atoms with Gasteiger partial charge in [-0.1, -0.05) is 6.07 Å². The van der Waals surface area contributed by atoms with Gasteiger partial charge in [0, 0.05) is 18.2 Å². The van der Waals surface area contributed by atoms with Crippen LogP contribution in [0.15, 0.2) is 30.6 Å². The third-order valence-corrected chi connectivity index (χ3v) is 3.71. The van der Waals surface area contributed by atoms with Crippen LogP contribution in [-0.4, -0.2) is 33.2 Å². The lowest BCUT2D eigenvalue weighted by Crippen LogP contribution is -2.24. The van der Waals surface area contributed by atoms with Gasteiger partial charge in [0.2, 0.25) is 0 Å². The van der Waals surface area contributed by atoms with Crippen molar-refractivity contribution in [2.75, 3.05) is 19.0 Å². The van der Waals surface area contributed by atoms with Crippen molar-refractivity contribution >= 4 is 22.7 Å². The number of aromatic nitrogens is 4. The minimum Gasteiger partial charge on any atom is -0.497 e. The second kappa shape index (κ2) is 5.47. The third-order valence-electron chi connectivity index (χ3n) is 3.71. The van der Waals surface area contributed by atoms with Gasteiger partial charge in [-0.15, -0.1) is 0 Å². The number of methoxy groups -OCH3 is 1. The number of fused-ring (bicyclic) bond motifs is 1. The van der Waals surface area contributed by atoms with Crippen LogP contribution in [0.2, 0.25) is 0 Å². The fourth-order valence-electron chi connectivity index (χ4n) is 2.47. The Morgan fingerprint density at radius 2 is 2.26 bits per heavy atom. The molecule has 0 radical (unpaired) electrons. The van der Waals surface area contributed by atoms with Gasteiger partial charge in [0.1, 0.15) is 12.0 Å². The molecule has 8 heteroatoms. The molecule has 0 spiro atoms. The van der Waals surface area contributed by atoms with Gasteiger partial charge in [-0.3, -0.25) is 4.57 Å². The first-order chi connectivity index (χ1) is 11.2. The monoisotopic (exact) mass is 315 g/mol. The molecule has 1 atom stereocenters. The molecule has 1 N–H and O–H groups in total. The lowest BCUT2D eigenvalue weighted by atomic mass is 10.3. The first-order valence-corrected chi connectivity index (χ1v) is 7.17. The fraction of sp³-hybridized carbons (Fsp3) is 0.267. The molecule has 1 saturated heterocycles. The molecule has 7 nitrogen and oxygen atoms in total. The summed E-state index contributed by atoms with van der Waals surface area (Å²) >= 11 is 0. The summed E-state index contributed by atoms with van der Waals surface area (Å²) in [6, 6.07) is 7.28. The highest BCUT2D eigenvalue weighted by Gasteiger charge is 2.24. The molecular weight excluding hydrogens is 301 g/mol. The lowest BCUT2D eigenvalue weighted by molar-refractivity contribution is -0.0974. The predicted molar refractivity (Wildman–Crippen MR) is 81.2 cm³/mol. The van der Waals surface area contributed by atoms with Gasteiger partial charge >= 0.3 is 6.08 Å². The Morgan fingerprint density at radius 3 is 3.00 bits per heavy atom. The van der Waals surface area contributed by atoms with Crippen LogP contribution in [0.5, 0.6) is 5.75 Å². The van der Waals surface area contributed by atoms with E-state index in [9.17, 15) is 4.39 Å². The molecule has 0 saturated carbocycles. The van der Waals surface area contributed by atoms with Crippen molar-refractivity contribution in [3.05, 3.63) is 36.7 Å². The summed E-state index contributed by atoms with van der Waals surface area (Å²) in [7, 11) is 1.59. The maximum atomic E-state index is 13.8. The van der Waals surface area contributed by atoms with Crippen molar-refractivity contribution in [2.24, 2.45) is 0 Å². The van der Waals surface area contributed by atoms with Crippen LogP contribution in [0.4, 0.5) is 15.9 Å². The standard InChI is InChI=1S/C15H14FN5O2/c1-22-10-4-2-3-9(7-10)18-13-12-14(20-15(16)19-13)21(8-17-12)11-5-6-23-11/h2-4,7-8,11H,5-6H2,1H3,(H,18,19,20). The number of hydrogen-bond donors (Lipinski definition) is 1. The maximum absolute atomic E-state index is 13.8. The second-order valence-electron chi connectivity index (χ2n) is 5.14. The zero-order valence-corrected chi connectivity index (χ0v) is 12.4. The van der Waals surface area contributed by atoms with Gasteiger partial charge in [-0.2, -0.15) is 14.4 Å². The Bertz CT molecular complexity index is 862. The predicted octanol–water partition coefficient (Wildman–Crippen LogP) is 2.64. The SMILES string of the molecule is COc1cccc(Nc2nc(F)nc3c2ncn3C2CCO2)c1. The van der Waals surface area contributed by atoms with Crippen LogP contribution >= 0.6 is 0 Å². The summed E-state index contributed by atoms with van der Waals surface area (Å²) in [5.74, 6) is 0.994. The zero-order valence-electron chi connectivity index (χ0n) is 12.4. The highest BCUT2D eigenvalue weighted by atomic mass is 19.1. The largest absolute Gasteiger partial charge is 0.497 e. The summed E-state index contributed by atoms with van der Waals surface area (Å²) in [4.78, 5) is 12.0. The lowest BCUT2D eigenvalue weighted by Gasteiger charge is -2.27. The number of halogens is 1. The topological polar surface area (TPSA) is 74.1 Å². The molecule has 118 valence electrons. The van der Waals surface area contributed by atoms with E-state index in [1.807, 2.05) is 18.2 Å². The molecular formula is C15H14FN5O2. The maximum Gasteiger partial charge on any atom is 0.312 e. The molecule has 23 heavy (non-hydrogen) atoms. The summed E-state index contributed by atoms with van der Waals surface area (Å²) in [6.45, 7) is 0.687. The molecule has 1 unspecified atom stereocenters. The van der Waals surface area contributed by atoms with Gasteiger partial charge in [-0.25, -0.2) is 4.98 Å². The number of nitrogens with one attached hydrogen (secondary N) is 1. The Balaban J connectivity index is 1.75. The fourth-order valence-corrected chi connectivity index (χ4v) is 2.47. The molecule has 3 aromatic rings. The first kappa shape index (κ1) is 13.9. The van der Waals surface area contributed by atoms with E-state index in [4.69, 9.17) is 9.47 Å². The molecule has 0 amide bonds. The smallest absolute Gasteiger partial charge is 0.312 e. The van der Waals surface area contributed by atoms with E-state index in [2.05, 4.69) is 20.3 Å². The number of benzene rings is 1.